The lowest BCUT2D eigenvalue weighted by Crippen LogP contribution is -2.49. The number of esters is 1. The standard InChI is InChI=1S/C29H31ClN2O5/c1-35-26-5-3-4-24(18-26)27(37-20-21-6-8-23(9-7-21)29(34)36-2)19-31-14-16-32(17-15-31)28(33)22-10-12-25(30)13-11-22/h3-13,18,27H,14-17,19-20H2,1-2H3/t27-/m1/s1. The molecule has 1 atom stereocenters. The van der Waals surface area contributed by atoms with Gasteiger partial charge in [-0.05, 0) is 59.7 Å². The lowest BCUT2D eigenvalue weighted by Gasteiger charge is -2.36. The van der Waals surface area contributed by atoms with Crippen LogP contribution in [-0.2, 0) is 16.1 Å². The first-order valence-electron chi connectivity index (χ1n) is 12.2. The van der Waals surface area contributed by atoms with Gasteiger partial charge in [-0.15, -0.1) is 0 Å². The predicted molar refractivity (Wildman–Crippen MR) is 142 cm³/mol. The minimum Gasteiger partial charge on any atom is -0.497 e. The van der Waals surface area contributed by atoms with Crippen molar-refractivity contribution in [3.8, 4) is 5.75 Å². The number of halogens is 1. The number of piperazine rings is 1. The third-order valence-electron chi connectivity index (χ3n) is 6.47. The lowest BCUT2D eigenvalue weighted by atomic mass is 10.1. The highest BCUT2D eigenvalue weighted by Gasteiger charge is 2.25. The summed E-state index contributed by atoms with van der Waals surface area (Å²) in [6, 6.07) is 22.1. The zero-order chi connectivity index (χ0) is 26.2. The van der Waals surface area contributed by atoms with Crippen LogP contribution in [0, 0.1) is 0 Å². The Morgan fingerprint density at radius 2 is 1.57 bits per heavy atom. The number of ether oxygens (including phenoxy) is 3. The Kier molecular flexibility index (Phi) is 9.17. The van der Waals surface area contributed by atoms with Crippen LogP contribution >= 0.6 is 11.6 Å². The molecule has 1 amide bonds. The normalized spacial score (nSPS) is 14.7. The molecule has 1 aliphatic rings. The minimum absolute atomic E-state index is 0.0207. The molecule has 0 bridgehead atoms. The number of benzene rings is 3. The van der Waals surface area contributed by atoms with Gasteiger partial charge in [-0.3, -0.25) is 9.69 Å². The van der Waals surface area contributed by atoms with E-state index >= 15 is 0 Å². The molecular formula is C29H31ClN2O5. The smallest absolute Gasteiger partial charge is 0.337 e. The van der Waals surface area contributed by atoms with Crippen molar-refractivity contribution >= 4 is 23.5 Å². The first kappa shape index (κ1) is 26.7. The van der Waals surface area contributed by atoms with Gasteiger partial charge >= 0.3 is 5.97 Å². The van der Waals surface area contributed by atoms with Gasteiger partial charge in [-0.2, -0.15) is 0 Å². The van der Waals surface area contributed by atoms with Crippen molar-refractivity contribution < 1.29 is 23.8 Å². The monoisotopic (exact) mass is 522 g/mol. The van der Waals surface area contributed by atoms with Crippen LogP contribution in [-0.4, -0.2) is 68.6 Å². The molecule has 1 fully saturated rings. The van der Waals surface area contributed by atoms with Gasteiger partial charge in [0.25, 0.3) is 5.91 Å². The maximum Gasteiger partial charge on any atom is 0.337 e. The summed E-state index contributed by atoms with van der Waals surface area (Å²) in [5, 5.41) is 0.615. The summed E-state index contributed by atoms with van der Waals surface area (Å²) in [5.41, 5.74) is 3.12. The highest BCUT2D eigenvalue weighted by molar-refractivity contribution is 6.30. The number of hydrogen-bond donors (Lipinski definition) is 0. The van der Waals surface area contributed by atoms with E-state index in [0.717, 1.165) is 30.0 Å². The van der Waals surface area contributed by atoms with Gasteiger partial charge in [0.05, 0.1) is 32.5 Å². The van der Waals surface area contributed by atoms with Crippen molar-refractivity contribution in [2.75, 3.05) is 46.9 Å². The second-order valence-corrected chi connectivity index (χ2v) is 9.30. The molecule has 0 aliphatic carbocycles. The van der Waals surface area contributed by atoms with E-state index in [2.05, 4.69) is 4.90 Å². The summed E-state index contributed by atoms with van der Waals surface area (Å²) in [5.74, 6) is 0.426. The molecule has 0 saturated carbocycles. The summed E-state index contributed by atoms with van der Waals surface area (Å²) in [7, 11) is 3.01. The molecule has 7 nitrogen and oxygen atoms in total. The SMILES string of the molecule is COC(=O)c1ccc(CO[C@H](CN2CCN(C(=O)c3ccc(Cl)cc3)CC2)c2cccc(OC)c2)cc1. The Morgan fingerprint density at radius 1 is 0.892 bits per heavy atom. The summed E-state index contributed by atoms with van der Waals surface area (Å²) < 4.78 is 16.6. The number of hydrogen-bond acceptors (Lipinski definition) is 6. The van der Waals surface area contributed by atoms with Crippen LogP contribution in [0.15, 0.2) is 72.8 Å². The molecule has 3 aromatic carbocycles. The van der Waals surface area contributed by atoms with E-state index in [-0.39, 0.29) is 18.0 Å². The number of amides is 1. The molecule has 8 heteroatoms. The van der Waals surface area contributed by atoms with Gasteiger partial charge < -0.3 is 19.1 Å². The molecule has 4 rings (SSSR count). The molecular weight excluding hydrogens is 492 g/mol. The Labute approximate surface area is 222 Å². The Balaban J connectivity index is 1.40. The van der Waals surface area contributed by atoms with E-state index in [1.165, 1.54) is 7.11 Å². The molecule has 1 heterocycles. The van der Waals surface area contributed by atoms with Crippen LogP contribution in [0.5, 0.6) is 5.75 Å². The maximum atomic E-state index is 12.9. The van der Waals surface area contributed by atoms with E-state index in [1.807, 2.05) is 41.3 Å². The number of nitrogens with zero attached hydrogens (tertiary/aromatic N) is 2. The van der Waals surface area contributed by atoms with Crippen molar-refractivity contribution in [1.29, 1.82) is 0 Å². The van der Waals surface area contributed by atoms with E-state index in [4.69, 9.17) is 25.8 Å². The van der Waals surface area contributed by atoms with Gasteiger partial charge in [0.1, 0.15) is 5.75 Å². The summed E-state index contributed by atoms with van der Waals surface area (Å²) in [6.45, 7) is 3.84. The molecule has 0 aromatic heterocycles. The topological polar surface area (TPSA) is 68.3 Å². The van der Waals surface area contributed by atoms with Crippen molar-refractivity contribution in [3.05, 3.63) is 100 Å². The molecule has 0 unspecified atom stereocenters. The van der Waals surface area contributed by atoms with E-state index < -0.39 is 0 Å². The largest absolute Gasteiger partial charge is 0.497 e. The summed E-state index contributed by atoms with van der Waals surface area (Å²) >= 11 is 5.96. The van der Waals surface area contributed by atoms with E-state index in [1.54, 1.807) is 43.5 Å². The van der Waals surface area contributed by atoms with Crippen LogP contribution < -0.4 is 4.74 Å². The molecule has 1 aliphatic heterocycles. The highest BCUT2D eigenvalue weighted by Crippen LogP contribution is 2.25. The lowest BCUT2D eigenvalue weighted by molar-refractivity contribution is 0.00331. The summed E-state index contributed by atoms with van der Waals surface area (Å²) in [4.78, 5) is 28.8. The molecule has 194 valence electrons. The van der Waals surface area contributed by atoms with Crippen molar-refractivity contribution in [2.45, 2.75) is 12.7 Å². The van der Waals surface area contributed by atoms with Crippen LogP contribution in [0.2, 0.25) is 5.02 Å². The van der Waals surface area contributed by atoms with Crippen LogP contribution in [0.3, 0.4) is 0 Å². The molecule has 0 radical (unpaired) electrons. The fourth-order valence-electron chi connectivity index (χ4n) is 4.29. The van der Waals surface area contributed by atoms with Gasteiger partial charge in [0.15, 0.2) is 0 Å². The summed E-state index contributed by atoms with van der Waals surface area (Å²) in [6.07, 6.45) is -0.200. The van der Waals surface area contributed by atoms with Gasteiger partial charge in [0.2, 0.25) is 0 Å². The van der Waals surface area contributed by atoms with Crippen molar-refractivity contribution in [2.24, 2.45) is 0 Å². The number of carbonyl (C=O) groups is 2. The van der Waals surface area contributed by atoms with E-state index in [0.29, 0.717) is 42.4 Å². The second-order valence-electron chi connectivity index (χ2n) is 8.86. The number of carbonyl (C=O) groups excluding carboxylic acids is 2. The minimum atomic E-state index is -0.365. The fraction of sp³-hybridized carbons (Fsp3) is 0.310. The molecule has 37 heavy (non-hydrogen) atoms. The Morgan fingerprint density at radius 3 is 2.22 bits per heavy atom. The third kappa shape index (κ3) is 7.10. The molecule has 3 aromatic rings. The Hall–Kier alpha value is -3.39. The van der Waals surface area contributed by atoms with Crippen LogP contribution in [0.1, 0.15) is 37.9 Å². The second kappa shape index (κ2) is 12.7. The fourth-order valence-corrected chi connectivity index (χ4v) is 4.42. The zero-order valence-electron chi connectivity index (χ0n) is 21.1. The van der Waals surface area contributed by atoms with Crippen molar-refractivity contribution in [1.82, 2.24) is 9.80 Å². The van der Waals surface area contributed by atoms with Crippen LogP contribution in [0.4, 0.5) is 0 Å². The average Bonchev–Trinajstić information content (AvgIpc) is 2.95. The Bertz CT molecular complexity index is 1190. The number of methoxy groups -OCH3 is 2. The first-order valence-corrected chi connectivity index (χ1v) is 12.5. The quantitative estimate of drug-likeness (QED) is 0.374. The highest BCUT2D eigenvalue weighted by atomic mass is 35.5. The van der Waals surface area contributed by atoms with Gasteiger partial charge in [-0.1, -0.05) is 35.9 Å². The van der Waals surface area contributed by atoms with E-state index in [9.17, 15) is 9.59 Å². The van der Waals surface area contributed by atoms with Crippen LogP contribution in [0.25, 0.3) is 0 Å². The average molecular weight is 523 g/mol. The molecule has 0 N–H and O–H groups in total. The van der Waals surface area contributed by atoms with Gasteiger partial charge in [-0.25, -0.2) is 4.79 Å². The third-order valence-corrected chi connectivity index (χ3v) is 6.72. The van der Waals surface area contributed by atoms with Gasteiger partial charge in [0, 0.05) is 43.3 Å². The molecule has 1 saturated heterocycles. The maximum absolute atomic E-state index is 12.9. The predicted octanol–water partition coefficient (Wildman–Crippen LogP) is 4.85. The van der Waals surface area contributed by atoms with Crippen molar-refractivity contribution in [3.63, 3.8) is 0 Å². The number of rotatable bonds is 9. The first-order chi connectivity index (χ1) is 18.0. The molecule has 0 spiro atoms. The zero-order valence-corrected chi connectivity index (χ0v) is 21.8.